The van der Waals surface area contributed by atoms with Crippen LogP contribution in [0.25, 0.3) is 0 Å². The molecule has 1 aromatic rings. The highest BCUT2D eigenvalue weighted by Crippen LogP contribution is 2.28. The summed E-state index contributed by atoms with van der Waals surface area (Å²) in [6.45, 7) is 15.7. The van der Waals surface area contributed by atoms with E-state index >= 15 is 0 Å². The van der Waals surface area contributed by atoms with E-state index in [4.69, 9.17) is 0 Å². The van der Waals surface area contributed by atoms with Gasteiger partial charge >= 0.3 is 0 Å². The zero-order valence-corrected chi connectivity index (χ0v) is 10.6. The van der Waals surface area contributed by atoms with Crippen LogP contribution in [0.15, 0.2) is 6.07 Å². The molecule has 0 aromatic carbocycles. The van der Waals surface area contributed by atoms with E-state index < -0.39 is 0 Å². The van der Waals surface area contributed by atoms with E-state index in [0.29, 0.717) is 5.92 Å². The SMILES string of the molecule is Cc1cc(C(C)C)c(C)n1C(C)(C)C. The first kappa shape index (κ1) is 11.4. The van der Waals surface area contributed by atoms with Crippen LogP contribution in [0, 0.1) is 13.8 Å². The highest BCUT2D eigenvalue weighted by molar-refractivity contribution is 5.30. The first-order valence-electron chi connectivity index (χ1n) is 5.44. The number of nitrogens with zero attached hydrogens (tertiary/aromatic N) is 1. The van der Waals surface area contributed by atoms with Gasteiger partial charge in [-0.3, -0.25) is 0 Å². The molecule has 80 valence electrons. The van der Waals surface area contributed by atoms with Crippen LogP contribution in [-0.2, 0) is 5.54 Å². The van der Waals surface area contributed by atoms with Crippen molar-refractivity contribution in [2.75, 3.05) is 0 Å². The van der Waals surface area contributed by atoms with Gasteiger partial charge in [0.25, 0.3) is 0 Å². The third kappa shape index (κ3) is 1.87. The van der Waals surface area contributed by atoms with Crippen molar-refractivity contribution in [1.29, 1.82) is 0 Å². The molecule has 0 N–H and O–H groups in total. The summed E-state index contributed by atoms with van der Waals surface area (Å²) in [5.41, 5.74) is 4.47. The lowest BCUT2D eigenvalue weighted by Gasteiger charge is -2.26. The topological polar surface area (TPSA) is 4.93 Å². The maximum atomic E-state index is 2.43. The summed E-state index contributed by atoms with van der Waals surface area (Å²) in [5, 5.41) is 0. The number of aryl methyl sites for hydroxylation is 1. The average Bonchev–Trinajstić information content (AvgIpc) is 2.24. The molecule has 0 aliphatic rings. The van der Waals surface area contributed by atoms with Crippen molar-refractivity contribution in [3.8, 4) is 0 Å². The molecule has 1 rings (SSSR count). The van der Waals surface area contributed by atoms with E-state index in [1.165, 1.54) is 17.0 Å². The first-order chi connectivity index (χ1) is 6.25. The summed E-state index contributed by atoms with van der Waals surface area (Å²) in [7, 11) is 0. The van der Waals surface area contributed by atoms with E-state index in [0.717, 1.165) is 0 Å². The maximum absolute atomic E-state index is 2.43. The van der Waals surface area contributed by atoms with Gasteiger partial charge in [0.15, 0.2) is 0 Å². The highest BCUT2D eigenvalue weighted by Gasteiger charge is 2.20. The van der Waals surface area contributed by atoms with Gasteiger partial charge in [0.05, 0.1) is 0 Å². The molecule has 1 heteroatoms. The molecule has 14 heavy (non-hydrogen) atoms. The zero-order chi connectivity index (χ0) is 11.1. The highest BCUT2D eigenvalue weighted by atomic mass is 15.1. The summed E-state index contributed by atoms with van der Waals surface area (Å²) >= 11 is 0. The second-order valence-corrected chi connectivity index (χ2v) is 5.49. The standard InChI is InChI=1S/C13H23N/c1-9(2)12-8-10(3)14(11(12)4)13(5,6)7/h8-9H,1-7H3. The summed E-state index contributed by atoms with van der Waals surface area (Å²) < 4.78 is 2.43. The molecule has 1 heterocycles. The van der Waals surface area contributed by atoms with Crippen LogP contribution in [0.5, 0.6) is 0 Å². The lowest BCUT2D eigenvalue weighted by molar-refractivity contribution is 0.382. The minimum absolute atomic E-state index is 0.196. The monoisotopic (exact) mass is 193 g/mol. The molecular formula is C13H23N. The Kier molecular flexibility index (Phi) is 2.80. The van der Waals surface area contributed by atoms with Crippen LogP contribution in [0.3, 0.4) is 0 Å². The van der Waals surface area contributed by atoms with Crippen LogP contribution in [0.4, 0.5) is 0 Å². The summed E-state index contributed by atoms with van der Waals surface area (Å²) in [5.74, 6) is 0.622. The molecule has 0 spiro atoms. The van der Waals surface area contributed by atoms with Crippen molar-refractivity contribution < 1.29 is 0 Å². The molecule has 1 aromatic heterocycles. The quantitative estimate of drug-likeness (QED) is 0.635. The Labute approximate surface area is 88.1 Å². The molecule has 0 unspecified atom stereocenters. The fourth-order valence-electron chi connectivity index (χ4n) is 2.40. The maximum Gasteiger partial charge on any atom is 0.0360 e. The minimum atomic E-state index is 0.196. The molecule has 0 atom stereocenters. The van der Waals surface area contributed by atoms with Crippen molar-refractivity contribution in [3.63, 3.8) is 0 Å². The largest absolute Gasteiger partial charge is 0.344 e. The summed E-state index contributed by atoms with van der Waals surface area (Å²) in [6, 6.07) is 2.32. The Morgan fingerprint density at radius 1 is 1.14 bits per heavy atom. The Morgan fingerprint density at radius 3 is 1.86 bits per heavy atom. The number of aromatic nitrogens is 1. The predicted molar refractivity (Wildman–Crippen MR) is 63.0 cm³/mol. The van der Waals surface area contributed by atoms with Gasteiger partial charge in [-0.2, -0.15) is 0 Å². The van der Waals surface area contributed by atoms with E-state index in [9.17, 15) is 0 Å². The van der Waals surface area contributed by atoms with Gasteiger partial charge < -0.3 is 4.57 Å². The lowest BCUT2D eigenvalue weighted by Crippen LogP contribution is -2.24. The number of rotatable bonds is 1. The third-order valence-electron chi connectivity index (χ3n) is 2.76. The van der Waals surface area contributed by atoms with Gasteiger partial charge in [-0.25, -0.2) is 0 Å². The number of hydrogen-bond acceptors (Lipinski definition) is 0. The fourth-order valence-corrected chi connectivity index (χ4v) is 2.40. The van der Waals surface area contributed by atoms with Crippen LogP contribution in [-0.4, -0.2) is 4.57 Å². The van der Waals surface area contributed by atoms with Crippen LogP contribution in [0.2, 0.25) is 0 Å². The van der Waals surface area contributed by atoms with Gasteiger partial charge in [-0.05, 0) is 52.2 Å². The Bertz CT molecular complexity index is 324. The molecule has 0 amide bonds. The van der Waals surface area contributed by atoms with Gasteiger partial charge in [-0.15, -0.1) is 0 Å². The van der Waals surface area contributed by atoms with Crippen molar-refractivity contribution >= 4 is 0 Å². The van der Waals surface area contributed by atoms with Crippen molar-refractivity contribution in [2.24, 2.45) is 0 Å². The zero-order valence-electron chi connectivity index (χ0n) is 10.6. The summed E-state index contributed by atoms with van der Waals surface area (Å²) in [4.78, 5) is 0. The summed E-state index contributed by atoms with van der Waals surface area (Å²) in [6.07, 6.45) is 0. The van der Waals surface area contributed by atoms with Crippen LogP contribution < -0.4 is 0 Å². The lowest BCUT2D eigenvalue weighted by atomic mass is 10.0. The molecule has 0 saturated heterocycles. The van der Waals surface area contributed by atoms with Gasteiger partial charge in [0.1, 0.15) is 0 Å². The molecule has 0 aliphatic carbocycles. The molecule has 0 radical (unpaired) electrons. The molecule has 0 saturated carbocycles. The Morgan fingerprint density at radius 2 is 1.64 bits per heavy atom. The Hall–Kier alpha value is -0.720. The van der Waals surface area contributed by atoms with Crippen molar-refractivity contribution in [1.82, 2.24) is 4.57 Å². The molecule has 0 aliphatic heterocycles. The van der Waals surface area contributed by atoms with E-state index in [-0.39, 0.29) is 5.54 Å². The molecule has 0 bridgehead atoms. The van der Waals surface area contributed by atoms with E-state index in [2.05, 4.69) is 59.1 Å². The van der Waals surface area contributed by atoms with Gasteiger partial charge in [0, 0.05) is 16.9 Å². The van der Waals surface area contributed by atoms with E-state index in [1.54, 1.807) is 0 Å². The Balaban J connectivity index is 3.33. The predicted octanol–water partition coefficient (Wildman–Crippen LogP) is 3.98. The van der Waals surface area contributed by atoms with Gasteiger partial charge in [-0.1, -0.05) is 13.8 Å². The second kappa shape index (κ2) is 3.45. The van der Waals surface area contributed by atoms with Crippen molar-refractivity contribution in [3.05, 3.63) is 23.0 Å². The fraction of sp³-hybridized carbons (Fsp3) is 0.692. The first-order valence-corrected chi connectivity index (χ1v) is 5.44. The smallest absolute Gasteiger partial charge is 0.0360 e. The third-order valence-corrected chi connectivity index (χ3v) is 2.76. The van der Waals surface area contributed by atoms with Crippen LogP contribution in [0.1, 0.15) is 57.5 Å². The van der Waals surface area contributed by atoms with E-state index in [1.807, 2.05) is 0 Å². The molecule has 0 fully saturated rings. The normalized spacial score (nSPS) is 12.6. The molecule has 1 nitrogen and oxygen atoms in total. The second-order valence-electron chi connectivity index (χ2n) is 5.49. The average molecular weight is 193 g/mol. The molecular weight excluding hydrogens is 170 g/mol. The number of hydrogen-bond donors (Lipinski definition) is 0. The van der Waals surface area contributed by atoms with Gasteiger partial charge in [0.2, 0.25) is 0 Å². The van der Waals surface area contributed by atoms with Crippen molar-refractivity contribution in [2.45, 2.75) is 59.9 Å². The minimum Gasteiger partial charge on any atom is -0.344 e. The van der Waals surface area contributed by atoms with Crippen LogP contribution >= 0.6 is 0 Å².